The largest absolute Gasteiger partial charge is 1.00 e. The first-order valence-electron chi connectivity index (χ1n) is 5.02. The summed E-state index contributed by atoms with van der Waals surface area (Å²) >= 11 is 1.52. The van der Waals surface area contributed by atoms with Crippen LogP contribution in [0, 0.1) is 12.3 Å². The molecule has 5 heteroatoms. The van der Waals surface area contributed by atoms with E-state index in [1.807, 2.05) is 25.1 Å². The van der Waals surface area contributed by atoms with E-state index in [0.29, 0.717) is 12.4 Å². The van der Waals surface area contributed by atoms with Gasteiger partial charge in [0.2, 0.25) is 0 Å². The molecule has 3 nitrogen and oxygen atoms in total. The number of halogens is 1. The van der Waals surface area contributed by atoms with Gasteiger partial charge >= 0.3 is 0 Å². The highest BCUT2D eigenvalue weighted by Crippen LogP contribution is 2.22. The number of terminal acetylenes is 1. The summed E-state index contributed by atoms with van der Waals surface area (Å²) in [5, 5.41) is 0.849. The topological polar surface area (TPSA) is 37.9 Å². The maximum Gasteiger partial charge on any atom is 0.167 e. The zero-order valence-electron chi connectivity index (χ0n) is 9.37. The Hall–Kier alpha value is -1.31. The molecule has 17 heavy (non-hydrogen) atoms. The summed E-state index contributed by atoms with van der Waals surface area (Å²) in [5.41, 5.74) is 1.91. The maximum absolute atomic E-state index is 5.42. The van der Waals surface area contributed by atoms with Gasteiger partial charge in [-0.25, -0.2) is 4.98 Å². The van der Waals surface area contributed by atoms with Gasteiger partial charge < -0.3 is 22.1 Å². The second-order valence-electron chi connectivity index (χ2n) is 3.15. The van der Waals surface area contributed by atoms with Gasteiger partial charge in [0.25, 0.3) is 0 Å². The van der Waals surface area contributed by atoms with Crippen molar-refractivity contribution in [1.29, 1.82) is 0 Å². The Balaban J connectivity index is 0.00000144. The number of aromatic amines is 1. The van der Waals surface area contributed by atoms with E-state index in [1.54, 1.807) is 0 Å². The van der Waals surface area contributed by atoms with Gasteiger partial charge in [-0.05, 0) is 19.1 Å². The van der Waals surface area contributed by atoms with Crippen molar-refractivity contribution in [2.75, 3.05) is 12.4 Å². The molecule has 0 amide bonds. The highest BCUT2D eigenvalue weighted by Gasteiger charge is 2.03. The Bertz CT molecular complexity index is 533. The molecule has 0 radical (unpaired) electrons. The van der Waals surface area contributed by atoms with E-state index in [4.69, 9.17) is 11.2 Å². The number of hydrogen-bond donors (Lipinski definition) is 1. The Morgan fingerprint density at radius 2 is 2.35 bits per heavy atom. The van der Waals surface area contributed by atoms with Crippen molar-refractivity contribution in [3.8, 4) is 18.1 Å². The highest BCUT2D eigenvalue weighted by molar-refractivity contribution is 7.99. The van der Waals surface area contributed by atoms with E-state index in [1.165, 1.54) is 11.8 Å². The molecule has 2 rings (SSSR count). The summed E-state index contributed by atoms with van der Waals surface area (Å²) in [6.45, 7) is 2.63. The summed E-state index contributed by atoms with van der Waals surface area (Å²) < 4.78 is 5.42. The number of hydrogen-bond acceptors (Lipinski definition) is 3. The van der Waals surface area contributed by atoms with Crippen molar-refractivity contribution < 1.29 is 17.1 Å². The van der Waals surface area contributed by atoms with Crippen molar-refractivity contribution in [2.45, 2.75) is 12.1 Å². The first-order valence-corrected chi connectivity index (χ1v) is 6.01. The van der Waals surface area contributed by atoms with E-state index >= 15 is 0 Å². The molecule has 0 aliphatic carbocycles. The van der Waals surface area contributed by atoms with Crippen LogP contribution in [0.5, 0.6) is 5.75 Å². The monoisotopic (exact) mass is 267 g/mol. The van der Waals surface area contributed by atoms with E-state index in [0.717, 1.165) is 21.9 Å². The Morgan fingerprint density at radius 3 is 3.06 bits per heavy atom. The number of fused-ring (bicyclic) bond motifs is 1. The molecule has 0 atom stereocenters. The standard InChI is InChI=1S/C12H12N2OS.ClH/c1-3-7-16-12-13-10-6-5-9(15-4-2)8-11(10)14-12;/h1,5-6,8H,4,7H2,2H3,(H,13,14);1H/p-1. The van der Waals surface area contributed by atoms with Crippen molar-refractivity contribution >= 4 is 22.8 Å². The van der Waals surface area contributed by atoms with Gasteiger partial charge in [0.15, 0.2) is 5.16 Å². The third kappa shape index (κ3) is 3.32. The van der Waals surface area contributed by atoms with E-state index in [-0.39, 0.29) is 12.4 Å². The number of nitrogens with one attached hydrogen (secondary N) is 1. The fourth-order valence-electron chi connectivity index (χ4n) is 1.40. The number of ether oxygens (including phenoxy) is 1. The molecule has 1 aromatic heterocycles. The summed E-state index contributed by atoms with van der Waals surface area (Å²) in [7, 11) is 0. The van der Waals surface area contributed by atoms with Crippen LogP contribution >= 0.6 is 11.8 Å². The zero-order chi connectivity index (χ0) is 11.4. The molecule has 0 fully saturated rings. The van der Waals surface area contributed by atoms with Crippen LogP contribution in [0.2, 0.25) is 0 Å². The summed E-state index contributed by atoms with van der Waals surface area (Å²) in [5.74, 6) is 4.05. The van der Waals surface area contributed by atoms with E-state index in [9.17, 15) is 0 Å². The van der Waals surface area contributed by atoms with Gasteiger partial charge in [-0.2, -0.15) is 0 Å². The first kappa shape index (κ1) is 13.8. The average Bonchev–Trinajstić information content (AvgIpc) is 2.68. The van der Waals surface area contributed by atoms with Crippen molar-refractivity contribution in [3.63, 3.8) is 0 Å². The molecular weight excluding hydrogens is 256 g/mol. The maximum atomic E-state index is 5.42. The molecule has 0 spiro atoms. The normalized spacial score (nSPS) is 9.65. The predicted molar refractivity (Wildman–Crippen MR) is 66.8 cm³/mol. The molecule has 90 valence electrons. The number of H-pyrrole nitrogens is 1. The lowest BCUT2D eigenvalue weighted by Crippen LogP contribution is -3.00. The van der Waals surface area contributed by atoms with Crippen LogP contribution < -0.4 is 17.1 Å². The second kappa shape index (κ2) is 6.43. The summed E-state index contributed by atoms with van der Waals surface area (Å²) in [6.07, 6.45) is 5.20. The molecule has 1 N–H and O–H groups in total. The van der Waals surface area contributed by atoms with Crippen molar-refractivity contribution in [3.05, 3.63) is 18.2 Å². The minimum atomic E-state index is 0. The zero-order valence-corrected chi connectivity index (χ0v) is 10.9. The fourth-order valence-corrected chi connectivity index (χ4v) is 1.97. The SMILES string of the molecule is C#CCSc1nc2ccc(OCC)cc2[nH]1.[Cl-]. The number of nitrogens with zero attached hydrogens (tertiary/aromatic N) is 1. The van der Waals surface area contributed by atoms with Gasteiger partial charge in [-0.15, -0.1) is 6.42 Å². The lowest BCUT2D eigenvalue weighted by molar-refractivity contribution is -0.00000389. The minimum absolute atomic E-state index is 0. The molecule has 1 heterocycles. The van der Waals surface area contributed by atoms with Crippen LogP contribution in [0.25, 0.3) is 11.0 Å². The van der Waals surface area contributed by atoms with Gasteiger partial charge in [0.05, 0.1) is 23.4 Å². The van der Waals surface area contributed by atoms with E-state index < -0.39 is 0 Å². The number of imidazole rings is 1. The quantitative estimate of drug-likeness (QED) is 0.610. The van der Waals surface area contributed by atoms with Gasteiger partial charge in [-0.1, -0.05) is 17.7 Å². The van der Waals surface area contributed by atoms with Gasteiger partial charge in [0.1, 0.15) is 5.75 Å². The van der Waals surface area contributed by atoms with Crippen LogP contribution in [0.3, 0.4) is 0 Å². The smallest absolute Gasteiger partial charge is 0.167 e. The lowest BCUT2D eigenvalue weighted by atomic mass is 10.3. The number of benzene rings is 1. The first-order chi connectivity index (χ1) is 7.83. The molecule has 0 unspecified atom stereocenters. The molecule has 0 saturated carbocycles. The Morgan fingerprint density at radius 1 is 1.53 bits per heavy atom. The highest BCUT2D eigenvalue weighted by atomic mass is 35.5. The Kier molecular flexibility index (Phi) is 5.20. The van der Waals surface area contributed by atoms with Crippen molar-refractivity contribution in [1.82, 2.24) is 9.97 Å². The van der Waals surface area contributed by atoms with Crippen LogP contribution in [0.1, 0.15) is 6.92 Å². The molecular formula is C12H12ClN2OS-. The van der Waals surface area contributed by atoms with Crippen molar-refractivity contribution in [2.24, 2.45) is 0 Å². The van der Waals surface area contributed by atoms with E-state index in [2.05, 4.69) is 15.9 Å². The molecule has 0 aliphatic rings. The molecule has 0 aliphatic heterocycles. The minimum Gasteiger partial charge on any atom is -1.00 e. The third-order valence-corrected chi connectivity index (χ3v) is 2.81. The molecule has 2 aromatic rings. The average molecular weight is 268 g/mol. The van der Waals surface area contributed by atoms with Crippen LogP contribution in [0.15, 0.2) is 23.4 Å². The third-order valence-electron chi connectivity index (χ3n) is 2.03. The lowest BCUT2D eigenvalue weighted by Gasteiger charge is -2.00. The molecule has 0 bridgehead atoms. The second-order valence-corrected chi connectivity index (χ2v) is 4.11. The Labute approximate surface area is 111 Å². The fraction of sp³-hybridized carbons (Fsp3) is 0.250. The predicted octanol–water partition coefficient (Wildman–Crippen LogP) is -0.309. The number of aromatic nitrogens is 2. The van der Waals surface area contributed by atoms with Crippen LogP contribution in [-0.4, -0.2) is 22.3 Å². The molecule has 1 aromatic carbocycles. The van der Waals surface area contributed by atoms with Gasteiger partial charge in [0, 0.05) is 6.07 Å². The number of rotatable bonds is 4. The summed E-state index contributed by atoms with van der Waals surface area (Å²) in [4.78, 5) is 7.61. The van der Waals surface area contributed by atoms with Crippen LogP contribution in [0.4, 0.5) is 0 Å². The van der Waals surface area contributed by atoms with Gasteiger partial charge in [-0.3, -0.25) is 0 Å². The van der Waals surface area contributed by atoms with Crippen LogP contribution in [-0.2, 0) is 0 Å². The molecule has 0 saturated heterocycles. The summed E-state index contributed by atoms with van der Waals surface area (Å²) in [6, 6.07) is 5.81. The number of thioether (sulfide) groups is 1.